The lowest BCUT2D eigenvalue weighted by molar-refractivity contribution is 0.0977. The van der Waals surface area contributed by atoms with E-state index < -0.39 is 0 Å². The summed E-state index contributed by atoms with van der Waals surface area (Å²) in [7, 11) is 0. The van der Waals surface area contributed by atoms with E-state index in [0.717, 1.165) is 0 Å². The summed E-state index contributed by atoms with van der Waals surface area (Å²) in [6, 6.07) is 28.4. The number of hydrogen-bond donors (Lipinski definition) is 0. The molecule has 0 aliphatic heterocycles. The van der Waals surface area contributed by atoms with Crippen LogP contribution in [0.3, 0.4) is 0 Å². The van der Waals surface area contributed by atoms with Crippen LogP contribution >= 0.6 is 0 Å². The van der Waals surface area contributed by atoms with Crippen LogP contribution in [0.15, 0.2) is 91.0 Å². The molecule has 0 spiro atoms. The van der Waals surface area contributed by atoms with Crippen LogP contribution in [0.1, 0.15) is 61.4 Å². The summed E-state index contributed by atoms with van der Waals surface area (Å²) < 4.78 is 6.10. The molecule has 1 aliphatic carbocycles. The molecule has 0 radical (unpaired) electrons. The summed E-state index contributed by atoms with van der Waals surface area (Å²) in [4.78, 5) is 26.1. The molecule has 0 heterocycles. The number of benzene rings is 4. The van der Waals surface area contributed by atoms with Gasteiger partial charge < -0.3 is 4.74 Å². The maximum atomic E-state index is 13.2. The van der Waals surface area contributed by atoms with Gasteiger partial charge in [0.05, 0.1) is 5.56 Å². The lowest BCUT2D eigenvalue weighted by Gasteiger charge is -2.20. The molecule has 156 valence electrons. The first kappa shape index (κ1) is 20.0. The molecule has 0 aromatic heterocycles. The van der Waals surface area contributed by atoms with Crippen molar-refractivity contribution in [3.8, 4) is 11.5 Å². The number of hydrogen-bond acceptors (Lipinski definition) is 3. The Morgan fingerprint density at radius 2 is 1.28 bits per heavy atom. The molecule has 0 saturated carbocycles. The number of ether oxygens (including phenoxy) is 1. The smallest absolute Gasteiger partial charge is 0.198 e. The monoisotopic (exact) mass is 418 g/mol. The highest BCUT2D eigenvalue weighted by molar-refractivity contribution is 6.29. The first-order chi connectivity index (χ1) is 15.5. The van der Waals surface area contributed by atoms with Crippen LogP contribution in [-0.4, -0.2) is 11.6 Å². The Kier molecular flexibility index (Phi) is 4.95. The van der Waals surface area contributed by atoms with Crippen molar-refractivity contribution in [2.24, 2.45) is 0 Å². The minimum atomic E-state index is -0.185. The molecule has 1 aliphatic rings. The third-order valence-corrected chi connectivity index (χ3v) is 6.18. The van der Waals surface area contributed by atoms with E-state index in [9.17, 15) is 9.59 Å². The molecule has 4 aromatic carbocycles. The van der Waals surface area contributed by atoms with Gasteiger partial charge in [0.25, 0.3) is 0 Å². The van der Waals surface area contributed by atoms with Gasteiger partial charge in [0.1, 0.15) is 11.5 Å². The second-order valence-corrected chi connectivity index (χ2v) is 8.13. The molecular weight excluding hydrogens is 396 g/mol. The topological polar surface area (TPSA) is 43.4 Å². The molecular formula is C29H22O3. The van der Waals surface area contributed by atoms with Crippen LogP contribution in [0.5, 0.6) is 11.5 Å². The van der Waals surface area contributed by atoms with E-state index in [1.54, 1.807) is 42.5 Å². The quantitative estimate of drug-likeness (QED) is 0.326. The van der Waals surface area contributed by atoms with Gasteiger partial charge in [-0.25, -0.2) is 0 Å². The van der Waals surface area contributed by atoms with Gasteiger partial charge in [-0.15, -0.1) is 0 Å². The molecule has 0 amide bonds. The molecule has 1 atom stereocenters. The molecule has 0 saturated heterocycles. The third-order valence-electron chi connectivity index (χ3n) is 6.18. The molecule has 0 bridgehead atoms. The lowest BCUT2D eigenvalue weighted by Crippen LogP contribution is -2.21. The van der Waals surface area contributed by atoms with Gasteiger partial charge >= 0.3 is 0 Å². The molecule has 4 aromatic rings. The van der Waals surface area contributed by atoms with E-state index in [4.69, 9.17) is 4.74 Å². The van der Waals surface area contributed by atoms with E-state index in [-0.39, 0.29) is 17.5 Å². The molecule has 5 rings (SSSR count). The molecule has 0 N–H and O–H groups in total. The summed E-state index contributed by atoms with van der Waals surface area (Å²) >= 11 is 0. The normalized spacial score (nSPS) is 13.3. The van der Waals surface area contributed by atoms with Gasteiger partial charge in [-0.05, 0) is 41.8 Å². The summed E-state index contributed by atoms with van der Waals surface area (Å²) in [5.41, 5.74) is 5.31. The first-order valence-electron chi connectivity index (χ1n) is 10.7. The molecule has 3 heteroatoms. The van der Waals surface area contributed by atoms with Crippen LogP contribution < -0.4 is 4.74 Å². The van der Waals surface area contributed by atoms with Gasteiger partial charge in [0, 0.05) is 22.6 Å². The van der Waals surface area contributed by atoms with Gasteiger partial charge in [0.15, 0.2) is 11.6 Å². The van der Waals surface area contributed by atoms with Crippen molar-refractivity contribution in [1.29, 1.82) is 0 Å². The molecule has 3 nitrogen and oxygen atoms in total. The van der Waals surface area contributed by atoms with Gasteiger partial charge in [-0.1, -0.05) is 79.7 Å². The summed E-state index contributed by atoms with van der Waals surface area (Å²) in [6.07, 6.45) is 0. The maximum absolute atomic E-state index is 13.2. The molecule has 32 heavy (non-hydrogen) atoms. The van der Waals surface area contributed by atoms with Crippen molar-refractivity contribution in [1.82, 2.24) is 0 Å². The fourth-order valence-electron chi connectivity index (χ4n) is 4.40. The highest BCUT2D eigenvalue weighted by atomic mass is 16.5. The van der Waals surface area contributed by atoms with Crippen LogP contribution in [0.4, 0.5) is 0 Å². The van der Waals surface area contributed by atoms with Crippen molar-refractivity contribution in [2.45, 2.75) is 19.8 Å². The Hall–Kier alpha value is -3.98. The van der Waals surface area contributed by atoms with E-state index in [1.165, 1.54) is 16.7 Å². The predicted octanol–water partition coefficient (Wildman–Crippen LogP) is 6.71. The number of ketones is 2. The van der Waals surface area contributed by atoms with Crippen molar-refractivity contribution < 1.29 is 14.3 Å². The Morgan fingerprint density at radius 3 is 2.00 bits per heavy atom. The Labute approximate surface area is 187 Å². The molecule has 1 unspecified atom stereocenters. The zero-order chi connectivity index (χ0) is 22.2. The van der Waals surface area contributed by atoms with Crippen molar-refractivity contribution in [3.05, 3.63) is 130 Å². The van der Waals surface area contributed by atoms with Crippen molar-refractivity contribution in [3.63, 3.8) is 0 Å². The Balaban J connectivity index is 1.45. The van der Waals surface area contributed by atoms with Crippen LogP contribution in [0.2, 0.25) is 0 Å². The minimum Gasteiger partial charge on any atom is -0.457 e. The number of carbonyl (C=O) groups excluding carboxylic acids is 2. The zero-order valence-electron chi connectivity index (χ0n) is 18.0. The van der Waals surface area contributed by atoms with Crippen molar-refractivity contribution in [2.75, 3.05) is 0 Å². The predicted molar refractivity (Wildman–Crippen MR) is 125 cm³/mol. The summed E-state index contributed by atoms with van der Waals surface area (Å²) in [5, 5.41) is 0. The zero-order valence-corrected chi connectivity index (χ0v) is 18.0. The molecule has 0 fully saturated rings. The highest BCUT2D eigenvalue weighted by Gasteiger charge is 2.32. The highest BCUT2D eigenvalue weighted by Crippen LogP contribution is 2.36. The van der Waals surface area contributed by atoms with Crippen molar-refractivity contribution >= 4 is 11.6 Å². The van der Waals surface area contributed by atoms with Crippen LogP contribution in [0, 0.1) is 6.92 Å². The second-order valence-electron chi connectivity index (χ2n) is 8.13. The maximum Gasteiger partial charge on any atom is 0.198 e. The number of rotatable bonds is 4. The number of fused-ring (bicyclic) bond motifs is 2. The van der Waals surface area contributed by atoms with Gasteiger partial charge in [-0.3, -0.25) is 9.59 Å². The average Bonchev–Trinajstić information content (AvgIpc) is 2.83. The van der Waals surface area contributed by atoms with E-state index in [1.807, 2.05) is 30.3 Å². The van der Waals surface area contributed by atoms with Gasteiger partial charge in [0.2, 0.25) is 0 Å². The number of aryl methyl sites for hydroxylation is 1. The van der Waals surface area contributed by atoms with Crippen LogP contribution in [0.25, 0.3) is 0 Å². The summed E-state index contributed by atoms with van der Waals surface area (Å²) in [6.45, 7) is 4.31. The van der Waals surface area contributed by atoms with E-state index in [2.05, 4.69) is 32.0 Å². The minimum absolute atomic E-state index is 0.150. The largest absolute Gasteiger partial charge is 0.457 e. The first-order valence-corrected chi connectivity index (χ1v) is 10.7. The van der Waals surface area contributed by atoms with E-state index >= 15 is 0 Å². The third kappa shape index (κ3) is 3.32. The average molecular weight is 418 g/mol. The second kappa shape index (κ2) is 7.93. The summed E-state index contributed by atoms with van der Waals surface area (Å²) in [5.74, 6) is 0.942. The lowest BCUT2D eigenvalue weighted by atomic mass is 9.83. The van der Waals surface area contributed by atoms with Crippen LogP contribution in [-0.2, 0) is 0 Å². The fraction of sp³-hybridized carbons (Fsp3) is 0.103. The standard InChI is InChI=1S/C29H22O3/c1-18-8-3-4-9-22(18)19(2)20-14-16-21(17-15-20)32-26-13-7-12-25-27(26)29(31)24-11-6-5-10-23(24)28(25)30/h3-17,19H,1-2H3. The fourth-order valence-corrected chi connectivity index (χ4v) is 4.40. The van der Waals surface area contributed by atoms with E-state index in [0.29, 0.717) is 33.8 Å². The Morgan fingerprint density at radius 1 is 0.656 bits per heavy atom. The van der Waals surface area contributed by atoms with Gasteiger partial charge in [-0.2, -0.15) is 0 Å². The number of carbonyl (C=O) groups is 2. The SMILES string of the molecule is Cc1ccccc1C(C)c1ccc(Oc2cccc3c2C(=O)c2ccccc2C3=O)cc1. The Bertz CT molecular complexity index is 1350.